The molecule has 0 radical (unpaired) electrons. The first-order chi connectivity index (χ1) is 13.4. The van der Waals surface area contributed by atoms with Crippen LogP contribution < -0.4 is 16.1 Å². The molecule has 0 bridgehead atoms. The van der Waals surface area contributed by atoms with E-state index in [-0.39, 0.29) is 11.9 Å². The maximum atomic E-state index is 12.4. The van der Waals surface area contributed by atoms with Crippen molar-refractivity contribution in [2.75, 3.05) is 18.1 Å². The van der Waals surface area contributed by atoms with Crippen molar-refractivity contribution >= 4 is 28.8 Å². The summed E-state index contributed by atoms with van der Waals surface area (Å²) in [4.78, 5) is 45.2. The minimum absolute atomic E-state index is 0.256. The fourth-order valence-electron chi connectivity index (χ4n) is 3.58. The second kappa shape index (κ2) is 6.66. The Balaban J connectivity index is 1.83. The molecule has 0 saturated carbocycles. The molecule has 1 atom stereocenters. The summed E-state index contributed by atoms with van der Waals surface area (Å²) in [5.74, 6) is 0.491. The topological polar surface area (TPSA) is 102 Å². The van der Waals surface area contributed by atoms with Gasteiger partial charge in [0.1, 0.15) is 0 Å². The fraction of sp³-hybridized carbons (Fsp3) is 0.368. The molecule has 1 aliphatic heterocycles. The van der Waals surface area contributed by atoms with Gasteiger partial charge in [-0.25, -0.2) is 9.59 Å². The minimum Gasteiger partial charge on any atom is -0.462 e. The third-order valence-electron chi connectivity index (χ3n) is 4.91. The predicted octanol–water partition coefficient (Wildman–Crippen LogP) is 1.39. The molecule has 9 heteroatoms. The maximum absolute atomic E-state index is 12.4. The van der Waals surface area contributed by atoms with E-state index in [1.807, 2.05) is 21.6 Å². The predicted molar refractivity (Wildman–Crippen MR) is 104 cm³/mol. The number of carbonyl (C=O) groups excluding carboxylic acids is 1. The number of nitrogens with zero attached hydrogens (tertiary/aromatic N) is 4. The average Bonchev–Trinajstić information content (AvgIpc) is 3.06. The van der Waals surface area contributed by atoms with E-state index in [1.54, 1.807) is 26.1 Å². The molecule has 1 unspecified atom stereocenters. The van der Waals surface area contributed by atoms with Crippen molar-refractivity contribution in [2.24, 2.45) is 13.0 Å². The highest BCUT2D eigenvalue weighted by Crippen LogP contribution is 2.32. The maximum Gasteiger partial charge on any atom is 0.338 e. The van der Waals surface area contributed by atoms with Crippen LogP contribution in [0.3, 0.4) is 0 Å². The van der Waals surface area contributed by atoms with E-state index in [0.717, 1.165) is 5.69 Å². The van der Waals surface area contributed by atoms with Crippen LogP contribution in [0.4, 0.5) is 11.6 Å². The molecule has 1 aromatic carbocycles. The van der Waals surface area contributed by atoms with Gasteiger partial charge in [0.25, 0.3) is 5.56 Å². The van der Waals surface area contributed by atoms with E-state index in [1.165, 1.54) is 4.57 Å². The first-order valence-electron chi connectivity index (χ1n) is 9.15. The zero-order valence-electron chi connectivity index (χ0n) is 15.9. The molecule has 3 heterocycles. The zero-order chi connectivity index (χ0) is 20.0. The Morgan fingerprint density at radius 2 is 1.96 bits per heavy atom. The third kappa shape index (κ3) is 2.79. The summed E-state index contributed by atoms with van der Waals surface area (Å²) in [6.07, 6.45) is 0. The molecule has 1 N–H and O–H groups in total. The highest BCUT2D eigenvalue weighted by Gasteiger charge is 2.29. The highest BCUT2D eigenvalue weighted by atomic mass is 16.5. The summed E-state index contributed by atoms with van der Waals surface area (Å²) < 4.78 is 8.21. The summed E-state index contributed by atoms with van der Waals surface area (Å²) in [6.45, 7) is 5.51. The molecule has 4 rings (SSSR count). The summed E-state index contributed by atoms with van der Waals surface area (Å²) in [5.41, 5.74) is 1.12. The first kappa shape index (κ1) is 18.0. The second-order valence-corrected chi connectivity index (χ2v) is 7.00. The number of H-pyrrole nitrogens is 1. The van der Waals surface area contributed by atoms with Crippen LogP contribution in [0.2, 0.25) is 0 Å². The van der Waals surface area contributed by atoms with Crippen molar-refractivity contribution in [1.82, 2.24) is 19.1 Å². The fourth-order valence-corrected chi connectivity index (χ4v) is 3.58. The quantitative estimate of drug-likeness (QED) is 0.686. The molecule has 146 valence electrons. The van der Waals surface area contributed by atoms with Crippen molar-refractivity contribution in [2.45, 2.75) is 20.4 Å². The van der Waals surface area contributed by atoms with Gasteiger partial charge in [-0.1, -0.05) is 6.92 Å². The van der Waals surface area contributed by atoms with Gasteiger partial charge in [-0.15, -0.1) is 0 Å². The summed E-state index contributed by atoms with van der Waals surface area (Å²) in [5, 5.41) is 0. The van der Waals surface area contributed by atoms with Gasteiger partial charge < -0.3 is 14.2 Å². The van der Waals surface area contributed by atoms with Crippen LogP contribution >= 0.6 is 0 Å². The smallest absolute Gasteiger partial charge is 0.338 e. The molecule has 1 aliphatic rings. The van der Waals surface area contributed by atoms with Crippen LogP contribution in [0.1, 0.15) is 24.2 Å². The number of hydrogen-bond acceptors (Lipinski definition) is 6. The van der Waals surface area contributed by atoms with E-state index >= 15 is 0 Å². The Kier molecular flexibility index (Phi) is 4.29. The van der Waals surface area contributed by atoms with Crippen molar-refractivity contribution in [3.8, 4) is 0 Å². The van der Waals surface area contributed by atoms with E-state index in [0.29, 0.717) is 42.4 Å². The highest BCUT2D eigenvalue weighted by molar-refractivity contribution is 5.90. The molecule has 0 aliphatic carbocycles. The lowest BCUT2D eigenvalue weighted by atomic mass is 10.1. The van der Waals surface area contributed by atoms with Gasteiger partial charge >= 0.3 is 11.7 Å². The van der Waals surface area contributed by atoms with Crippen LogP contribution in [0, 0.1) is 5.92 Å². The average molecular weight is 383 g/mol. The largest absolute Gasteiger partial charge is 0.462 e. The van der Waals surface area contributed by atoms with Gasteiger partial charge in [0.05, 0.1) is 12.2 Å². The van der Waals surface area contributed by atoms with Crippen molar-refractivity contribution < 1.29 is 9.53 Å². The number of ether oxygens (including phenoxy) is 1. The molecule has 0 amide bonds. The Morgan fingerprint density at radius 3 is 2.64 bits per heavy atom. The molecule has 2 aromatic heterocycles. The molecule has 0 spiro atoms. The van der Waals surface area contributed by atoms with E-state index < -0.39 is 11.2 Å². The number of carbonyl (C=O) groups is 1. The van der Waals surface area contributed by atoms with Crippen LogP contribution in [-0.4, -0.2) is 38.2 Å². The van der Waals surface area contributed by atoms with Gasteiger partial charge in [0.2, 0.25) is 5.95 Å². The lowest BCUT2D eigenvalue weighted by molar-refractivity contribution is 0.0526. The van der Waals surface area contributed by atoms with Crippen LogP contribution in [0.15, 0.2) is 33.9 Å². The number of hydrogen-bond donors (Lipinski definition) is 1. The van der Waals surface area contributed by atoms with Gasteiger partial charge in [-0.3, -0.25) is 14.3 Å². The second-order valence-electron chi connectivity index (χ2n) is 7.00. The Hall–Kier alpha value is -3.36. The van der Waals surface area contributed by atoms with Crippen LogP contribution in [0.5, 0.6) is 0 Å². The normalized spacial score (nSPS) is 16.2. The van der Waals surface area contributed by atoms with E-state index in [4.69, 9.17) is 4.74 Å². The molecule has 0 saturated heterocycles. The Labute approximate surface area is 160 Å². The Morgan fingerprint density at radius 1 is 1.25 bits per heavy atom. The van der Waals surface area contributed by atoms with Gasteiger partial charge in [0.15, 0.2) is 11.2 Å². The van der Waals surface area contributed by atoms with E-state index in [2.05, 4.69) is 16.9 Å². The monoisotopic (exact) mass is 383 g/mol. The number of rotatable bonds is 3. The summed E-state index contributed by atoms with van der Waals surface area (Å²) >= 11 is 0. The molecule has 28 heavy (non-hydrogen) atoms. The molecule has 0 fully saturated rings. The van der Waals surface area contributed by atoms with Gasteiger partial charge in [-0.05, 0) is 37.1 Å². The van der Waals surface area contributed by atoms with Crippen molar-refractivity contribution in [3.63, 3.8) is 0 Å². The number of fused-ring (bicyclic) bond motifs is 3. The number of aromatic nitrogens is 4. The Bertz CT molecular complexity index is 1170. The number of esters is 1. The number of benzene rings is 1. The van der Waals surface area contributed by atoms with Crippen molar-refractivity contribution in [3.05, 3.63) is 50.7 Å². The molecule has 3 aromatic rings. The molecular formula is C19H21N5O4. The van der Waals surface area contributed by atoms with Crippen LogP contribution in [-0.2, 0) is 18.3 Å². The first-order valence-corrected chi connectivity index (χ1v) is 9.15. The number of nitrogens with one attached hydrogen (secondary N) is 1. The lowest BCUT2D eigenvalue weighted by Gasteiger charge is -2.33. The van der Waals surface area contributed by atoms with Crippen LogP contribution in [0.25, 0.3) is 11.2 Å². The number of aromatic amines is 1. The third-order valence-corrected chi connectivity index (χ3v) is 4.91. The SMILES string of the molecule is CCOC(=O)c1ccc(N2CC(C)Cn3c2nc2c3c(=O)[nH]c(=O)n2C)cc1. The summed E-state index contributed by atoms with van der Waals surface area (Å²) in [6, 6.07) is 7.08. The summed E-state index contributed by atoms with van der Waals surface area (Å²) in [7, 11) is 1.58. The van der Waals surface area contributed by atoms with Crippen molar-refractivity contribution in [1.29, 1.82) is 0 Å². The molecule has 9 nitrogen and oxygen atoms in total. The standard InChI is InChI=1S/C19H21N5O4/c1-4-28-17(26)12-5-7-13(8-6-12)23-9-11(2)10-24-14-15(20-18(23)24)22(3)19(27)21-16(14)25/h5-8,11H,4,9-10H2,1-3H3,(H,21,25,27). The molecular weight excluding hydrogens is 362 g/mol. The van der Waals surface area contributed by atoms with Gasteiger partial charge in [0, 0.05) is 25.8 Å². The van der Waals surface area contributed by atoms with Gasteiger partial charge in [-0.2, -0.15) is 4.98 Å². The number of anilines is 2. The zero-order valence-corrected chi connectivity index (χ0v) is 15.9. The number of imidazole rings is 1. The number of aryl methyl sites for hydroxylation is 1. The van der Waals surface area contributed by atoms with E-state index in [9.17, 15) is 14.4 Å². The lowest BCUT2D eigenvalue weighted by Crippen LogP contribution is -2.35. The minimum atomic E-state index is -0.494.